The van der Waals surface area contributed by atoms with Gasteiger partial charge in [0.15, 0.2) is 0 Å². The molecule has 0 saturated heterocycles. The van der Waals surface area contributed by atoms with Gasteiger partial charge in [-0.3, -0.25) is 0 Å². The molecule has 84 valence electrons. The maximum atomic E-state index is 6.24. The maximum Gasteiger partial charge on any atom is 0.0317 e. The summed E-state index contributed by atoms with van der Waals surface area (Å²) in [5.41, 5.74) is 8.11. The van der Waals surface area contributed by atoms with Gasteiger partial charge in [-0.1, -0.05) is 13.8 Å². The molecule has 0 aliphatic heterocycles. The van der Waals surface area contributed by atoms with Crippen LogP contribution in [0.1, 0.15) is 44.6 Å². The van der Waals surface area contributed by atoms with Gasteiger partial charge < -0.3 is 5.73 Å². The molecule has 0 aromatic carbocycles. The van der Waals surface area contributed by atoms with Crippen molar-refractivity contribution in [1.82, 2.24) is 0 Å². The van der Waals surface area contributed by atoms with Gasteiger partial charge in [-0.2, -0.15) is 11.3 Å². The average Bonchev–Trinajstić information content (AvgIpc) is 2.56. The molecular formula is C12H18BrNS. The molecule has 1 aromatic heterocycles. The van der Waals surface area contributed by atoms with Crippen LogP contribution in [0.2, 0.25) is 0 Å². The minimum absolute atomic E-state index is 0.337. The monoisotopic (exact) mass is 287 g/mol. The van der Waals surface area contributed by atoms with Gasteiger partial charge in [0.2, 0.25) is 0 Å². The molecule has 0 radical (unpaired) electrons. The van der Waals surface area contributed by atoms with E-state index in [0.717, 1.165) is 6.42 Å². The topological polar surface area (TPSA) is 26.0 Å². The summed E-state index contributed by atoms with van der Waals surface area (Å²) < 4.78 is 1.24. The first kappa shape index (κ1) is 11.6. The zero-order chi connectivity index (χ0) is 11.1. The van der Waals surface area contributed by atoms with Crippen LogP contribution in [0, 0.1) is 5.41 Å². The predicted octanol–water partition coefficient (Wildman–Crippen LogP) is 4.13. The van der Waals surface area contributed by atoms with Gasteiger partial charge in [-0.15, -0.1) is 0 Å². The van der Waals surface area contributed by atoms with E-state index in [-0.39, 0.29) is 0 Å². The maximum absolute atomic E-state index is 6.24. The Morgan fingerprint density at radius 1 is 1.47 bits per heavy atom. The molecule has 1 aliphatic rings. The van der Waals surface area contributed by atoms with Crippen molar-refractivity contribution < 1.29 is 0 Å². The molecule has 1 nitrogen and oxygen atoms in total. The van der Waals surface area contributed by atoms with Gasteiger partial charge in [0, 0.05) is 21.8 Å². The molecule has 0 bridgehead atoms. The van der Waals surface area contributed by atoms with E-state index in [1.54, 1.807) is 11.3 Å². The van der Waals surface area contributed by atoms with Crippen LogP contribution in [-0.4, -0.2) is 6.04 Å². The molecule has 2 atom stereocenters. The van der Waals surface area contributed by atoms with Crippen LogP contribution in [0.15, 0.2) is 15.2 Å². The Labute approximate surface area is 104 Å². The summed E-state index contributed by atoms with van der Waals surface area (Å²) >= 11 is 5.38. The number of halogens is 1. The van der Waals surface area contributed by atoms with Crippen molar-refractivity contribution in [3.05, 3.63) is 20.8 Å². The molecule has 1 fully saturated rings. The second kappa shape index (κ2) is 4.19. The standard InChI is InChI=1S/C12H18BrNS/c1-12(2)4-3-11(14)8(5-12)9-6-15-7-10(9)13/h6-8,11H,3-5,14H2,1-2H3. The lowest BCUT2D eigenvalue weighted by Crippen LogP contribution is -2.37. The fraction of sp³-hybridized carbons (Fsp3) is 0.667. The lowest BCUT2D eigenvalue weighted by atomic mass is 9.68. The van der Waals surface area contributed by atoms with Crippen LogP contribution >= 0.6 is 27.3 Å². The highest BCUT2D eigenvalue weighted by atomic mass is 79.9. The van der Waals surface area contributed by atoms with E-state index in [4.69, 9.17) is 5.73 Å². The second-order valence-corrected chi connectivity index (χ2v) is 6.95. The average molecular weight is 288 g/mol. The molecule has 3 heteroatoms. The van der Waals surface area contributed by atoms with Crippen molar-refractivity contribution in [1.29, 1.82) is 0 Å². The Kier molecular flexibility index (Phi) is 3.25. The summed E-state index contributed by atoms with van der Waals surface area (Å²) in [6.45, 7) is 4.71. The molecule has 0 amide bonds. The lowest BCUT2D eigenvalue weighted by molar-refractivity contribution is 0.198. The highest BCUT2D eigenvalue weighted by Crippen LogP contribution is 2.45. The third-order valence-electron chi connectivity index (χ3n) is 3.49. The Morgan fingerprint density at radius 3 is 2.80 bits per heavy atom. The summed E-state index contributed by atoms with van der Waals surface area (Å²) in [7, 11) is 0. The molecule has 2 rings (SSSR count). The second-order valence-electron chi connectivity index (χ2n) is 5.35. The van der Waals surface area contributed by atoms with Crippen LogP contribution in [0.4, 0.5) is 0 Å². The SMILES string of the molecule is CC1(C)CCC(N)C(c2cscc2Br)C1. The Balaban J connectivity index is 2.24. The first-order chi connectivity index (χ1) is 6.99. The highest BCUT2D eigenvalue weighted by Gasteiger charge is 2.34. The van der Waals surface area contributed by atoms with E-state index in [1.165, 1.54) is 22.9 Å². The smallest absolute Gasteiger partial charge is 0.0317 e. The largest absolute Gasteiger partial charge is 0.327 e. The molecule has 1 saturated carbocycles. The summed E-state index contributed by atoms with van der Waals surface area (Å²) in [5, 5.41) is 4.40. The number of thiophene rings is 1. The minimum atomic E-state index is 0.337. The number of hydrogen-bond donors (Lipinski definition) is 1. The number of hydrogen-bond acceptors (Lipinski definition) is 2. The molecule has 2 N–H and O–H groups in total. The van der Waals surface area contributed by atoms with E-state index < -0.39 is 0 Å². The van der Waals surface area contributed by atoms with Crippen LogP contribution in [-0.2, 0) is 0 Å². The molecule has 1 aromatic rings. The van der Waals surface area contributed by atoms with Gasteiger partial charge >= 0.3 is 0 Å². The normalized spacial score (nSPS) is 30.4. The van der Waals surface area contributed by atoms with Gasteiger partial charge in [0.25, 0.3) is 0 Å². The highest BCUT2D eigenvalue weighted by molar-refractivity contribution is 9.10. The van der Waals surface area contributed by atoms with Crippen LogP contribution in [0.25, 0.3) is 0 Å². The molecule has 0 spiro atoms. The summed E-state index contributed by atoms with van der Waals surface area (Å²) in [6, 6.07) is 0.337. The van der Waals surface area contributed by atoms with E-state index in [2.05, 4.69) is 40.5 Å². The lowest BCUT2D eigenvalue weighted by Gasteiger charge is -2.39. The number of nitrogens with two attached hydrogens (primary N) is 1. The van der Waals surface area contributed by atoms with E-state index in [9.17, 15) is 0 Å². The fourth-order valence-corrected chi connectivity index (χ4v) is 4.16. The van der Waals surface area contributed by atoms with Crippen LogP contribution in [0.3, 0.4) is 0 Å². The quantitative estimate of drug-likeness (QED) is 0.826. The molecule has 2 unspecified atom stereocenters. The van der Waals surface area contributed by atoms with Gasteiger partial charge in [-0.25, -0.2) is 0 Å². The number of rotatable bonds is 1. The summed E-state index contributed by atoms with van der Waals surface area (Å²) in [6.07, 6.45) is 3.62. The minimum Gasteiger partial charge on any atom is -0.327 e. The zero-order valence-electron chi connectivity index (χ0n) is 9.29. The third-order valence-corrected chi connectivity index (χ3v) is 5.24. The van der Waals surface area contributed by atoms with E-state index >= 15 is 0 Å². The van der Waals surface area contributed by atoms with Crippen LogP contribution < -0.4 is 5.73 Å². The summed E-state index contributed by atoms with van der Waals surface area (Å²) in [4.78, 5) is 0. The molecule has 15 heavy (non-hydrogen) atoms. The van der Waals surface area contributed by atoms with E-state index in [1.807, 2.05) is 0 Å². The Hall–Kier alpha value is 0.140. The molecule has 1 aliphatic carbocycles. The van der Waals surface area contributed by atoms with Gasteiger partial charge in [-0.05, 0) is 51.6 Å². The Morgan fingerprint density at radius 2 is 2.20 bits per heavy atom. The van der Waals surface area contributed by atoms with Crippen molar-refractivity contribution in [3.63, 3.8) is 0 Å². The fourth-order valence-electron chi connectivity index (χ4n) is 2.50. The van der Waals surface area contributed by atoms with Crippen LogP contribution in [0.5, 0.6) is 0 Å². The van der Waals surface area contributed by atoms with Crippen molar-refractivity contribution in [2.75, 3.05) is 0 Å². The summed E-state index contributed by atoms with van der Waals surface area (Å²) in [5.74, 6) is 0.536. The molecular weight excluding hydrogens is 270 g/mol. The van der Waals surface area contributed by atoms with Crippen molar-refractivity contribution >= 4 is 27.3 Å². The third kappa shape index (κ3) is 2.45. The van der Waals surface area contributed by atoms with Crippen molar-refractivity contribution in [2.45, 2.75) is 45.1 Å². The Bertz CT molecular complexity index is 345. The van der Waals surface area contributed by atoms with E-state index in [0.29, 0.717) is 17.4 Å². The van der Waals surface area contributed by atoms with Gasteiger partial charge in [0.1, 0.15) is 0 Å². The van der Waals surface area contributed by atoms with Crippen molar-refractivity contribution in [3.8, 4) is 0 Å². The zero-order valence-corrected chi connectivity index (χ0v) is 11.7. The first-order valence-electron chi connectivity index (χ1n) is 5.47. The first-order valence-corrected chi connectivity index (χ1v) is 7.20. The van der Waals surface area contributed by atoms with Gasteiger partial charge in [0.05, 0.1) is 0 Å². The van der Waals surface area contributed by atoms with Crippen molar-refractivity contribution in [2.24, 2.45) is 11.1 Å². The molecule has 1 heterocycles. The predicted molar refractivity (Wildman–Crippen MR) is 70.4 cm³/mol.